The predicted molar refractivity (Wildman–Crippen MR) is 111 cm³/mol. The summed E-state index contributed by atoms with van der Waals surface area (Å²) in [5.74, 6) is 0.514. The van der Waals surface area contributed by atoms with Gasteiger partial charge in [-0.05, 0) is 55.5 Å². The number of amides is 1. The first-order chi connectivity index (χ1) is 14.0. The summed E-state index contributed by atoms with van der Waals surface area (Å²) in [5, 5.41) is 0. The molecule has 3 atom stereocenters. The molecule has 2 aliphatic carbocycles. The van der Waals surface area contributed by atoms with Crippen LogP contribution in [0.3, 0.4) is 0 Å². The number of carbonyl (C=O) groups is 2. The van der Waals surface area contributed by atoms with Crippen molar-refractivity contribution in [3.05, 3.63) is 88.7 Å². The summed E-state index contributed by atoms with van der Waals surface area (Å²) < 4.78 is 6.06. The highest BCUT2D eigenvalue weighted by atomic mass is 16.5. The molecule has 3 unspecified atom stereocenters. The Bertz CT molecular complexity index is 1060. The molecule has 1 aliphatic heterocycles. The summed E-state index contributed by atoms with van der Waals surface area (Å²) in [7, 11) is 0. The first-order valence-electron chi connectivity index (χ1n) is 10.1. The van der Waals surface area contributed by atoms with Crippen LogP contribution in [0.4, 0.5) is 5.69 Å². The third kappa shape index (κ3) is 2.91. The fourth-order valence-corrected chi connectivity index (χ4v) is 4.84. The van der Waals surface area contributed by atoms with E-state index >= 15 is 0 Å². The number of hydrogen-bond donors (Lipinski definition) is 0. The molecule has 3 aliphatic rings. The molecule has 1 fully saturated rings. The number of benzene rings is 2. The van der Waals surface area contributed by atoms with E-state index in [2.05, 4.69) is 18.2 Å². The fraction of sp³-hybridized carbons (Fsp3) is 0.280. The molecule has 0 bridgehead atoms. The Hall–Kier alpha value is -3.14. The molecule has 0 aromatic heterocycles. The van der Waals surface area contributed by atoms with E-state index in [0.29, 0.717) is 17.9 Å². The second kappa shape index (κ2) is 6.73. The van der Waals surface area contributed by atoms with Gasteiger partial charge >= 0.3 is 0 Å². The van der Waals surface area contributed by atoms with E-state index in [1.807, 2.05) is 43.3 Å². The van der Waals surface area contributed by atoms with Gasteiger partial charge in [-0.3, -0.25) is 14.5 Å². The maximum absolute atomic E-state index is 12.7. The molecule has 0 saturated heterocycles. The second-order valence-electron chi connectivity index (χ2n) is 8.23. The van der Waals surface area contributed by atoms with E-state index in [4.69, 9.17) is 4.74 Å². The molecule has 5 rings (SSSR count). The Kier molecular flexibility index (Phi) is 4.16. The van der Waals surface area contributed by atoms with Gasteiger partial charge in [0, 0.05) is 29.2 Å². The Balaban J connectivity index is 1.44. The van der Waals surface area contributed by atoms with Crippen LogP contribution in [-0.2, 0) is 20.7 Å². The molecule has 1 saturated carbocycles. The van der Waals surface area contributed by atoms with Crippen molar-refractivity contribution in [2.24, 2.45) is 5.92 Å². The number of hydrogen-bond acceptors (Lipinski definition) is 3. The number of rotatable bonds is 3. The van der Waals surface area contributed by atoms with Crippen molar-refractivity contribution in [3.63, 3.8) is 0 Å². The molecular formula is C25H23NO3. The van der Waals surface area contributed by atoms with Crippen LogP contribution in [0.2, 0.25) is 0 Å². The van der Waals surface area contributed by atoms with Gasteiger partial charge in [-0.15, -0.1) is 0 Å². The van der Waals surface area contributed by atoms with E-state index in [9.17, 15) is 9.59 Å². The summed E-state index contributed by atoms with van der Waals surface area (Å²) in [4.78, 5) is 27.0. The summed E-state index contributed by atoms with van der Waals surface area (Å²) in [6.45, 7) is 3.81. The van der Waals surface area contributed by atoms with Gasteiger partial charge in [0.05, 0.1) is 6.26 Å². The monoisotopic (exact) mass is 385 g/mol. The summed E-state index contributed by atoms with van der Waals surface area (Å²) >= 11 is 0. The SMILES string of the molecule is CC1=CC(O/C=C2/C(=O)CC3Cc4ccccc4C23)N(c2ccc(C)cc2)C1=O. The van der Waals surface area contributed by atoms with E-state index < -0.39 is 6.23 Å². The van der Waals surface area contributed by atoms with Crippen molar-refractivity contribution in [2.45, 2.75) is 38.8 Å². The smallest absolute Gasteiger partial charge is 0.257 e. The Morgan fingerprint density at radius 2 is 1.76 bits per heavy atom. The quantitative estimate of drug-likeness (QED) is 0.580. The van der Waals surface area contributed by atoms with Crippen LogP contribution in [0.1, 0.15) is 36.0 Å². The third-order valence-corrected chi connectivity index (χ3v) is 6.30. The van der Waals surface area contributed by atoms with Gasteiger partial charge in [0.15, 0.2) is 12.0 Å². The minimum Gasteiger partial charge on any atom is -0.474 e. The standard InChI is InChI=1S/C25H23NO3/c1-15-7-9-19(10-8-15)26-23(11-16(2)25(26)28)29-14-21-22(27)13-18-12-17-5-3-4-6-20(17)24(18)21/h3-11,14,18,23-24H,12-13H2,1-2H3/b21-14-. The van der Waals surface area contributed by atoms with Crippen LogP contribution in [0.25, 0.3) is 0 Å². The molecule has 0 radical (unpaired) electrons. The van der Waals surface area contributed by atoms with Gasteiger partial charge in [0.1, 0.15) is 0 Å². The Labute approximate surface area is 170 Å². The highest BCUT2D eigenvalue weighted by molar-refractivity contribution is 6.08. The van der Waals surface area contributed by atoms with Crippen molar-refractivity contribution in [3.8, 4) is 0 Å². The van der Waals surface area contributed by atoms with Gasteiger partial charge in [-0.25, -0.2) is 0 Å². The first kappa shape index (κ1) is 17.9. The van der Waals surface area contributed by atoms with Crippen LogP contribution >= 0.6 is 0 Å². The zero-order valence-corrected chi connectivity index (χ0v) is 16.6. The highest BCUT2D eigenvalue weighted by Gasteiger charge is 2.44. The summed E-state index contributed by atoms with van der Waals surface area (Å²) in [6.07, 6.45) is 4.40. The first-order valence-corrected chi connectivity index (χ1v) is 10.1. The van der Waals surface area contributed by atoms with Gasteiger partial charge in [-0.2, -0.15) is 0 Å². The average Bonchev–Trinajstić information content (AvgIpc) is 3.31. The number of anilines is 1. The molecule has 4 nitrogen and oxygen atoms in total. The van der Waals surface area contributed by atoms with Crippen LogP contribution in [0, 0.1) is 12.8 Å². The van der Waals surface area contributed by atoms with Gasteiger partial charge in [0.25, 0.3) is 5.91 Å². The minimum atomic E-state index is -0.541. The van der Waals surface area contributed by atoms with E-state index in [1.165, 1.54) is 11.1 Å². The number of carbonyl (C=O) groups excluding carboxylic acids is 2. The van der Waals surface area contributed by atoms with E-state index in [-0.39, 0.29) is 17.6 Å². The molecule has 2 aromatic rings. The van der Waals surface area contributed by atoms with Crippen molar-refractivity contribution >= 4 is 17.4 Å². The van der Waals surface area contributed by atoms with E-state index in [0.717, 1.165) is 23.2 Å². The van der Waals surface area contributed by atoms with Crippen LogP contribution in [-0.4, -0.2) is 17.9 Å². The number of Topliss-reactive ketones (excluding diaryl/α,β-unsaturated/α-hetero) is 1. The fourth-order valence-electron chi connectivity index (χ4n) is 4.84. The lowest BCUT2D eigenvalue weighted by Crippen LogP contribution is -2.35. The number of aryl methyl sites for hydroxylation is 1. The number of fused-ring (bicyclic) bond motifs is 3. The highest BCUT2D eigenvalue weighted by Crippen LogP contribution is 2.49. The zero-order chi connectivity index (χ0) is 20.1. The molecule has 146 valence electrons. The lowest BCUT2D eigenvalue weighted by atomic mass is 9.93. The molecule has 0 spiro atoms. The minimum absolute atomic E-state index is 0.0703. The largest absolute Gasteiger partial charge is 0.474 e. The molecule has 2 aromatic carbocycles. The normalized spacial score (nSPS) is 26.7. The van der Waals surface area contributed by atoms with Gasteiger partial charge in [-0.1, -0.05) is 42.0 Å². The van der Waals surface area contributed by atoms with Gasteiger partial charge < -0.3 is 4.74 Å². The maximum Gasteiger partial charge on any atom is 0.257 e. The molecule has 29 heavy (non-hydrogen) atoms. The van der Waals surface area contributed by atoms with Crippen LogP contribution in [0.5, 0.6) is 0 Å². The number of nitrogens with zero attached hydrogens (tertiary/aromatic N) is 1. The van der Waals surface area contributed by atoms with Gasteiger partial charge in [0.2, 0.25) is 0 Å². The lowest BCUT2D eigenvalue weighted by Gasteiger charge is -2.25. The molecule has 0 N–H and O–H groups in total. The second-order valence-corrected chi connectivity index (χ2v) is 8.23. The Morgan fingerprint density at radius 1 is 1.00 bits per heavy atom. The molecule has 4 heteroatoms. The molecule has 1 amide bonds. The summed E-state index contributed by atoms with van der Waals surface area (Å²) in [6, 6.07) is 16.2. The number of ketones is 1. The topological polar surface area (TPSA) is 46.6 Å². The van der Waals surface area contributed by atoms with E-state index in [1.54, 1.807) is 18.1 Å². The van der Waals surface area contributed by atoms with Crippen molar-refractivity contribution < 1.29 is 14.3 Å². The van der Waals surface area contributed by atoms with Crippen molar-refractivity contribution in [2.75, 3.05) is 4.90 Å². The average molecular weight is 385 g/mol. The summed E-state index contributed by atoms with van der Waals surface area (Å²) in [5.41, 5.74) is 5.87. The number of ether oxygens (including phenoxy) is 1. The van der Waals surface area contributed by atoms with Crippen LogP contribution < -0.4 is 4.90 Å². The zero-order valence-electron chi connectivity index (χ0n) is 16.6. The Morgan fingerprint density at radius 3 is 2.55 bits per heavy atom. The lowest BCUT2D eigenvalue weighted by molar-refractivity contribution is -0.115. The number of allylic oxidation sites excluding steroid dienone is 1. The van der Waals surface area contributed by atoms with Crippen molar-refractivity contribution in [1.29, 1.82) is 0 Å². The molecule has 1 heterocycles. The molecular weight excluding hydrogens is 362 g/mol. The predicted octanol–water partition coefficient (Wildman–Crippen LogP) is 4.44. The van der Waals surface area contributed by atoms with Crippen LogP contribution in [0.15, 0.2) is 72.0 Å². The maximum atomic E-state index is 12.7. The van der Waals surface area contributed by atoms with Crippen molar-refractivity contribution in [1.82, 2.24) is 0 Å². The third-order valence-electron chi connectivity index (χ3n) is 6.30.